The summed E-state index contributed by atoms with van der Waals surface area (Å²) in [6, 6.07) is 6.34. The lowest BCUT2D eigenvalue weighted by atomic mass is 10.2. The van der Waals surface area contributed by atoms with Gasteiger partial charge >= 0.3 is 17.9 Å². The standard InChI is InChI=1S/C18H17Cl2N3O7/c19-12-2-1-11(9-13(12)20)23-4-3-15(21-23)28-18(29-16(25)17(26)30-18)14(24)10-22-5-7-27-8-6-22/h1-4,9,14,24H,5-8,10H2. The highest BCUT2D eigenvalue weighted by Crippen LogP contribution is 2.30. The Morgan fingerprint density at radius 1 is 1.13 bits per heavy atom. The summed E-state index contributed by atoms with van der Waals surface area (Å²) < 4.78 is 22.3. The molecule has 0 amide bonds. The predicted molar refractivity (Wildman–Crippen MR) is 102 cm³/mol. The van der Waals surface area contributed by atoms with Crippen LogP contribution in [0.5, 0.6) is 5.88 Å². The van der Waals surface area contributed by atoms with Gasteiger partial charge in [0.05, 0.1) is 28.9 Å². The molecule has 2 aliphatic heterocycles. The van der Waals surface area contributed by atoms with Crippen molar-refractivity contribution in [2.45, 2.75) is 12.1 Å². The number of β-amino-alcohol motifs (C(OH)–C–C–N with tert-alkyl or cyclic N) is 1. The van der Waals surface area contributed by atoms with Gasteiger partial charge in [0.15, 0.2) is 6.10 Å². The first-order valence-electron chi connectivity index (χ1n) is 9.01. The Hall–Kier alpha value is -2.37. The lowest BCUT2D eigenvalue weighted by Crippen LogP contribution is -2.55. The van der Waals surface area contributed by atoms with E-state index < -0.39 is 24.0 Å². The summed E-state index contributed by atoms with van der Waals surface area (Å²) in [7, 11) is 0. The highest BCUT2D eigenvalue weighted by Gasteiger charge is 2.58. The van der Waals surface area contributed by atoms with Crippen LogP contribution in [0, 0.1) is 0 Å². The van der Waals surface area contributed by atoms with Crippen LogP contribution >= 0.6 is 23.2 Å². The van der Waals surface area contributed by atoms with E-state index in [1.807, 2.05) is 4.90 Å². The van der Waals surface area contributed by atoms with E-state index in [0.29, 0.717) is 42.0 Å². The van der Waals surface area contributed by atoms with Crippen molar-refractivity contribution in [2.24, 2.45) is 0 Å². The molecule has 1 aromatic carbocycles. The van der Waals surface area contributed by atoms with Gasteiger partial charge in [-0.05, 0) is 18.2 Å². The zero-order chi connectivity index (χ0) is 21.3. The van der Waals surface area contributed by atoms with Crippen LogP contribution in [-0.2, 0) is 23.8 Å². The third-order valence-electron chi connectivity index (χ3n) is 4.56. The molecule has 0 radical (unpaired) electrons. The van der Waals surface area contributed by atoms with Crippen molar-refractivity contribution in [3.05, 3.63) is 40.5 Å². The maximum atomic E-state index is 11.7. The summed E-state index contributed by atoms with van der Waals surface area (Å²) in [4.78, 5) is 25.3. The molecule has 0 bridgehead atoms. The van der Waals surface area contributed by atoms with E-state index in [9.17, 15) is 14.7 Å². The van der Waals surface area contributed by atoms with Gasteiger partial charge in [0, 0.05) is 31.9 Å². The van der Waals surface area contributed by atoms with Gasteiger partial charge in [-0.25, -0.2) is 14.3 Å². The first-order chi connectivity index (χ1) is 14.4. The van der Waals surface area contributed by atoms with Crippen LogP contribution in [0.25, 0.3) is 5.69 Å². The first kappa shape index (κ1) is 20.9. The van der Waals surface area contributed by atoms with Crippen molar-refractivity contribution in [3.63, 3.8) is 0 Å². The molecule has 12 heteroatoms. The molecule has 1 atom stereocenters. The van der Waals surface area contributed by atoms with Gasteiger partial charge in [-0.1, -0.05) is 23.2 Å². The van der Waals surface area contributed by atoms with Crippen LogP contribution in [0.3, 0.4) is 0 Å². The lowest BCUT2D eigenvalue weighted by Gasteiger charge is -2.33. The van der Waals surface area contributed by atoms with E-state index in [2.05, 4.69) is 5.10 Å². The summed E-state index contributed by atoms with van der Waals surface area (Å²) >= 11 is 12.0. The van der Waals surface area contributed by atoms with E-state index in [0.717, 1.165) is 0 Å². The van der Waals surface area contributed by atoms with Crippen LogP contribution < -0.4 is 4.74 Å². The van der Waals surface area contributed by atoms with Gasteiger partial charge in [-0.3, -0.25) is 4.90 Å². The monoisotopic (exact) mass is 457 g/mol. The van der Waals surface area contributed by atoms with Crippen LogP contribution in [0.15, 0.2) is 30.5 Å². The number of carbonyl (C=O) groups is 2. The maximum Gasteiger partial charge on any atom is 0.452 e. The average molecular weight is 458 g/mol. The van der Waals surface area contributed by atoms with Gasteiger partial charge in [0.25, 0.3) is 0 Å². The fourth-order valence-corrected chi connectivity index (χ4v) is 3.32. The topological polar surface area (TPSA) is 112 Å². The molecule has 10 nitrogen and oxygen atoms in total. The number of esters is 2. The number of hydrogen-bond donors (Lipinski definition) is 1. The molecule has 2 fully saturated rings. The number of aliphatic hydroxyl groups is 1. The normalized spacial score (nSPS) is 20.0. The quantitative estimate of drug-likeness (QED) is 0.501. The Balaban J connectivity index is 1.55. The second-order valence-electron chi connectivity index (χ2n) is 6.61. The number of aliphatic hydroxyl groups excluding tert-OH is 1. The number of nitrogens with zero attached hydrogens (tertiary/aromatic N) is 3. The number of benzene rings is 1. The summed E-state index contributed by atoms with van der Waals surface area (Å²) in [5, 5.41) is 15.6. The number of rotatable bonds is 6. The number of ether oxygens (including phenoxy) is 4. The summed E-state index contributed by atoms with van der Waals surface area (Å²) in [6.07, 6.45) is 0.0661. The zero-order valence-corrected chi connectivity index (χ0v) is 17.0. The molecular formula is C18H17Cl2N3O7. The van der Waals surface area contributed by atoms with Gasteiger partial charge in [0.1, 0.15) is 0 Å². The van der Waals surface area contributed by atoms with Crippen molar-refractivity contribution in [1.29, 1.82) is 0 Å². The van der Waals surface area contributed by atoms with E-state index in [1.165, 1.54) is 10.7 Å². The number of aromatic nitrogens is 2. The minimum atomic E-state index is -2.34. The Bertz CT molecular complexity index is 945. The van der Waals surface area contributed by atoms with E-state index >= 15 is 0 Å². The molecule has 0 spiro atoms. The van der Waals surface area contributed by atoms with Crippen LogP contribution in [0.4, 0.5) is 0 Å². The summed E-state index contributed by atoms with van der Waals surface area (Å²) in [5.41, 5.74) is 0.586. The second kappa shape index (κ2) is 8.40. The third-order valence-corrected chi connectivity index (χ3v) is 5.30. The molecule has 30 heavy (non-hydrogen) atoms. The molecule has 0 aliphatic carbocycles. The largest absolute Gasteiger partial charge is 0.452 e. The number of cyclic esters (lactones) is 2. The van der Waals surface area contributed by atoms with Gasteiger partial charge in [0.2, 0.25) is 5.88 Å². The summed E-state index contributed by atoms with van der Waals surface area (Å²) in [5.74, 6) is -4.92. The highest BCUT2D eigenvalue weighted by molar-refractivity contribution is 6.42. The second-order valence-corrected chi connectivity index (χ2v) is 7.42. The molecule has 3 heterocycles. The number of carbonyl (C=O) groups excluding carboxylic acids is 2. The molecule has 0 saturated carbocycles. The summed E-state index contributed by atoms with van der Waals surface area (Å²) in [6.45, 7) is 2.13. The molecule has 2 aliphatic rings. The third kappa shape index (κ3) is 4.23. The van der Waals surface area contributed by atoms with E-state index in [-0.39, 0.29) is 12.4 Å². The lowest BCUT2D eigenvalue weighted by molar-refractivity contribution is -0.320. The Labute approximate surface area is 180 Å². The predicted octanol–water partition coefficient (Wildman–Crippen LogP) is 1.00. The number of morpholine rings is 1. The van der Waals surface area contributed by atoms with Crippen molar-refractivity contribution < 1.29 is 33.6 Å². The molecule has 160 valence electrons. The van der Waals surface area contributed by atoms with Gasteiger partial charge in [-0.2, -0.15) is 0 Å². The molecule has 4 rings (SSSR count). The fourth-order valence-electron chi connectivity index (χ4n) is 3.03. The molecule has 2 saturated heterocycles. The zero-order valence-electron chi connectivity index (χ0n) is 15.5. The maximum absolute atomic E-state index is 11.7. The van der Waals surface area contributed by atoms with E-state index in [4.69, 9.17) is 42.1 Å². The van der Waals surface area contributed by atoms with E-state index in [1.54, 1.807) is 24.4 Å². The van der Waals surface area contributed by atoms with Crippen molar-refractivity contribution in [1.82, 2.24) is 14.7 Å². The molecule has 2 aromatic rings. The molecule has 1 N–H and O–H groups in total. The number of hydrogen-bond acceptors (Lipinski definition) is 9. The Kier molecular flexibility index (Phi) is 5.85. The van der Waals surface area contributed by atoms with Crippen LogP contribution in [-0.4, -0.2) is 76.7 Å². The van der Waals surface area contributed by atoms with Gasteiger partial charge in [-0.15, -0.1) is 5.10 Å². The van der Waals surface area contributed by atoms with Crippen LogP contribution in [0.1, 0.15) is 0 Å². The van der Waals surface area contributed by atoms with Gasteiger partial charge < -0.3 is 24.1 Å². The average Bonchev–Trinajstić information content (AvgIpc) is 3.30. The minimum absolute atomic E-state index is 0.0252. The molecule has 1 unspecified atom stereocenters. The fraction of sp³-hybridized carbons (Fsp3) is 0.389. The molecular weight excluding hydrogens is 441 g/mol. The van der Waals surface area contributed by atoms with Crippen molar-refractivity contribution in [3.8, 4) is 11.6 Å². The molecule has 1 aromatic heterocycles. The smallest absolute Gasteiger partial charge is 0.399 e. The minimum Gasteiger partial charge on any atom is -0.399 e. The number of halogens is 2. The Morgan fingerprint density at radius 3 is 2.50 bits per heavy atom. The Morgan fingerprint density at radius 2 is 1.83 bits per heavy atom. The first-order valence-corrected chi connectivity index (χ1v) is 9.76. The van der Waals surface area contributed by atoms with Crippen molar-refractivity contribution in [2.75, 3.05) is 32.8 Å². The van der Waals surface area contributed by atoms with Crippen molar-refractivity contribution >= 4 is 35.1 Å². The SMILES string of the molecule is O=C1OC(Oc2ccn(-c3ccc(Cl)c(Cl)c3)n2)(C(O)CN2CCOCC2)OC1=O. The highest BCUT2D eigenvalue weighted by atomic mass is 35.5. The van der Waals surface area contributed by atoms with Crippen LogP contribution in [0.2, 0.25) is 10.0 Å².